The van der Waals surface area contributed by atoms with E-state index in [9.17, 15) is 14.7 Å². The maximum absolute atomic E-state index is 14.3. The number of ether oxygens (including phenoxy) is 1. The Balaban J connectivity index is 1.91. The molecule has 196 valence electrons. The summed E-state index contributed by atoms with van der Waals surface area (Å²) in [6.07, 6.45) is 5.54. The number of carboxylic acid groups (broad SMARTS) is 1. The van der Waals surface area contributed by atoms with Gasteiger partial charge in [0.25, 0.3) is 5.91 Å². The second kappa shape index (κ2) is 10.4. The van der Waals surface area contributed by atoms with Crippen molar-refractivity contribution in [3.05, 3.63) is 75.2 Å². The zero-order valence-corrected chi connectivity index (χ0v) is 23.1. The van der Waals surface area contributed by atoms with Crippen LogP contribution in [0.15, 0.2) is 49.1 Å². The van der Waals surface area contributed by atoms with Crippen LogP contribution in [0, 0.1) is 5.92 Å². The van der Waals surface area contributed by atoms with Gasteiger partial charge in [-0.1, -0.05) is 58.4 Å². The van der Waals surface area contributed by atoms with Gasteiger partial charge in [0, 0.05) is 54.0 Å². The van der Waals surface area contributed by atoms with Crippen LogP contribution in [-0.2, 0) is 10.2 Å². The van der Waals surface area contributed by atoms with Crippen molar-refractivity contribution in [2.45, 2.75) is 70.6 Å². The van der Waals surface area contributed by atoms with Crippen molar-refractivity contribution < 1.29 is 19.4 Å². The van der Waals surface area contributed by atoms with Crippen LogP contribution in [0.5, 0.6) is 0 Å². The van der Waals surface area contributed by atoms with Crippen LogP contribution in [0.3, 0.4) is 0 Å². The molecule has 0 aliphatic carbocycles. The minimum absolute atomic E-state index is 0.0317. The summed E-state index contributed by atoms with van der Waals surface area (Å²) < 4.78 is 6.01. The fourth-order valence-electron chi connectivity index (χ4n) is 5.16. The molecule has 0 bridgehead atoms. The van der Waals surface area contributed by atoms with Gasteiger partial charge in [-0.05, 0) is 29.0 Å². The molecule has 8 nitrogen and oxygen atoms in total. The topological polar surface area (TPSA) is 106 Å². The van der Waals surface area contributed by atoms with Gasteiger partial charge < -0.3 is 9.84 Å². The fourth-order valence-corrected chi connectivity index (χ4v) is 6.27. The quantitative estimate of drug-likeness (QED) is 0.346. The van der Waals surface area contributed by atoms with Crippen LogP contribution in [0.1, 0.15) is 85.9 Å². The summed E-state index contributed by atoms with van der Waals surface area (Å²) in [6.45, 7) is 10.3. The number of nitrogens with zero attached hydrogens (tertiary/aromatic N) is 4. The summed E-state index contributed by atoms with van der Waals surface area (Å²) in [7, 11) is 0. The molecule has 1 N–H and O–H groups in total. The largest absolute Gasteiger partial charge is 0.507 e. The van der Waals surface area contributed by atoms with Gasteiger partial charge in [-0.3, -0.25) is 19.7 Å². The Bertz CT molecular complexity index is 1260. The monoisotopic (exact) mass is 542 g/mol. The van der Waals surface area contributed by atoms with E-state index in [0.29, 0.717) is 22.1 Å². The smallest absolute Gasteiger partial charge is 0.450 e. The summed E-state index contributed by atoms with van der Waals surface area (Å²) in [4.78, 5) is 41.7. The molecular formula is C27H31ClN4O4S. The van der Waals surface area contributed by atoms with Crippen LogP contribution in [-0.4, -0.2) is 42.7 Å². The summed E-state index contributed by atoms with van der Waals surface area (Å²) in [5, 5.41) is 9.85. The first-order chi connectivity index (χ1) is 17.4. The Morgan fingerprint density at radius 2 is 1.89 bits per heavy atom. The maximum atomic E-state index is 14.3. The summed E-state index contributed by atoms with van der Waals surface area (Å²) in [6, 6.07) is 6.84. The number of likely N-dealkylation sites (tertiary alicyclic amines) is 1. The number of hydrogen-bond donors (Lipinski definition) is 1. The summed E-state index contributed by atoms with van der Waals surface area (Å²) >= 11 is 7.48. The van der Waals surface area contributed by atoms with Crippen LogP contribution < -0.4 is 0 Å². The van der Waals surface area contributed by atoms with Crippen molar-refractivity contribution in [1.29, 1.82) is 0 Å². The van der Waals surface area contributed by atoms with Crippen LogP contribution in [0.25, 0.3) is 0 Å². The molecule has 1 amide bonds. The average Bonchev–Trinajstić information content (AvgIpc) is 3.39. The molecule has 3 aromatic rings. The lowest BCUT2D eigenvalue weighted by atomic mass is 9.86. The molecule has 1 aromatic carbocycles. The lowest BCUT2D eigenvalue weighted by Crippen LogP contribution is -2.51. The highest BCUT2D eigenvalue weighted by Crippen LogP contribution is 2.55. The van der Waals surface area contributed by atoms with E-state index in [0.717, 1.165) is 10.4 Å². The lowest BCUT2D eigenvalue weighted by molar-refractivity contribution is -0.108. The van der Waals surface area contributed by atoms with Gasteiger partial charge in [0.1, 0.15) is 0 Å². The van der Waals surface area contributed by atoms with Gasteiger partial charge in [-0.15, -0.1) is 11.3 Å². The standard InChI is InChI=1S/C27H31ClN4O4S/c1-16(2)12-27(36-25(34)35)13-19(20-14-29-10-11-30-20)22(21-15-31-24(28)37-21)32(27)23(33)17-6-8-18(9-7-17)26(3,4)5/h6-11,14-16,19,22H,12-13H2,1-5H3,(H,34,35)/t19-,22-,27+/m1/s1. The van der Waals surface area contributed by atoms with Crippen LogP contribution in [0.2, 0.25) is 4.47 Å². The molecule has 2 aromatic heterocycles. The highest BCUT2D eigenvalue weighted by molar-refractivity contribution is 7.15. The molecule has 0 saturated carbocycles. The first-order valence-electron chi connectivity index (χ1n) is 12.1. The van der Waals surface area contributed by atoms with Crippen molar-refractivity contribution in [1.82, 2.24) is 19.9 Å². The maximum Gasteiger partial charge on any atom is 0.507 e. The molecule has 0 radical (unpaired) electrons. The van der Waals surface area contributed by atoms with E-state index in [4.69, 9.17) is 16.3 Å². The van der Waals surface area contributed by atoms with Crippen molar-refractivity contribution >= 4 is 35.0 Å². The number of halogens is 1. The fraction of sp³-hybridized carbons (Fsp3) is 0.444. The molecule has 37 heavy (non-hydrogen) atoms. The van der Waals surface area contributed by atoms with E-state index in [1.807, 2.05) is 26.0 Å². The predicted molar refractivity (Wildman–Crippen MR) is 142 cm³/mol. The SMILES string of the molecule is CC(C)C[C@]1(OC(=O)O)C[C@H](c2cnccn2)[C@H](c2cnc(Cl)s2)N1C(=O)c1ccc(C(C)(C)C)cc1. The molecule has 1 saturated heterocycles. The lowest BCUT2D eigenvalue weighted by Gasteiger charge is -2.40. The Hall–Kier alpha value is -3.04. The van der Waals surface area contributed by atoms with Gasteiger partial charge in [0.05, 0.1) is 11.7 Å². The highest BCUT2D eigenvalue weighted by Gasteiger charge is 2.58. The van der Waals surface area contributed by atoms with Crippen LogP contribution in [0.4, 0.5) is 4.79 Å². The Labute approximate surface area is 225 Å². The van der Waals surface area contributed by atoms with Gasteiger partial charge in [0.15, 0.2) is 10.2 Å². The average molecular weight is 543 g/mol. The first-order valence-corrected chi connectivity index (χ1v) is 13.3. The number of aromatic nitrogens is 3. The van der Waals surface area contributed by atoms with Crippen molar-refractivity contribution in [3.63, 3.8) is 0 Å². The number of benzene rings is 1. The molecule has 1 fully saturated rings. The zero-order chi connectivity index (χ0) is 27.0. The van der Waals surface area contributed by atoms with E-state index in [1.54, 1.807) is 41.8 Å². The molecule has 1 aliphatic heterocycles. The molecule has 3 heterocycles. The number of carbonyl (C=O) groups is 2. The summed E-state index contributed by atoms with van der Waals surface area (Å²) in [5.74, 6) is -0.686. The molecular weight excluding hydrogens is 512 g/mol. The second-order valence-electron chi connectivity index (χ2n) is 10.8. The minimum atomic E-state index is -1.44. The third-order valence-electron chi connectivity index (χ3n) is 6.61. The third-order valence-corrected chi connectivity index (χ3v) is 7.79. The van der Waals surface area contributed by atoms with E-state index < -0.39 is 17.9 Å². The number of thiazole rings is 1. The van der Waals surface area contributed by atoms with E-state index >= 15 is 0 Å². The number of carbonyl (C=O) groups excluding carboxylic acids is 1. The van der Waals surface area contributed by atoms with Gasteiger partial charge in [0.2, 0.25) is 0 Å². The van der Waals surface area contributed by atoms with E-state index in [2.05, 4.69) is 35.7 Å². The van der Waals surface area contributed by atoms with Crippen molar-refractivity contribution in [3.8, 4) is 0 Å². The Morgan fingerprint density at radius 1 is 1.19 bits per heavy atom. The third kappa shape index (κ3) is 5.62. The molecule has 0 spiro atoms. The second-order valence-corrected chi connectivity index (χ2v) is 12.5. The van der Waals surface area contributed by atoms with Crippen molar-refractivity contribution in [2.75, 3.05) is 0 Å². The zero-order valence-electron chi connectivity index (χ0n) is 21.5. The van der Waals surface area contributed by atoms with Crippen LogP contribution >= 0.6 is 22.9 Å². The minimum Gasteiger partial charge on any atom is -0.450 e. The van der Waals surface area contributed by atoms with Gasteiger partial charge >= 0.3 is 6.16 Å². The number of rotatable bonds is 6. The highest BCUT2D eigenvalue weighted by atomic mass is 35.5. The van der Waals surface area contributed by atoms with Gasteiger partial charge in [-0.2, -0.15) is 0 Å². The molecule has 10 heteroatoms. The normalized spacial score (nSPS) is 21.9. The molecule has 0 unspecified atom stereocenters. The Kier molecular flexibility index (Phi) is 7.57. The molecule has 3 atom stereocenters. The Morgan fingerprint density at radius 3 is 2.41 bits per heavy atom. The molecule has 1 aliphatic rings. The summed E-state index contributed by atoms with van der Waals surface area (Å²) in [5.41, 5.74) is 0.655. The van der Waals surface area contributed by atoms with E-state index in [-0.39, 0.29) is 29.6 Å². The molecule has 4 rings (SSSR count). The van der Waals surface area contributed by atoms with Gasteiger partial charge in [-0.25, -0.2) is 9.78 Å². The number of hydrogen-bond acceptors (Lipinski definition) is 7. The predicted octanol–water partition coefficient (Wildman–Crippen LogP) is 6.69. The van der Waals surface area contributed by atoms with E-state index in [1.165, 1.54) is 11.3 Å². The first kappa shape index (κ1) is 27.0. The number of amides is 1. The van der Waals surface area contributed by atoms with Crippen molar-refractivity contribution in [2.24, 2.45) is 5.92 Å².